The molecule has 6 heteroatoms. The first-order chi connectivity index (χ1) is 7.56. The number of hydrogen-bond acceptors (Lipinski definition) is 5. The van der Waals surface area contributed by atoms with E-state index in [-0.39, 0.29) is 17.6 Å². The molecule has 0 aliphatic carbocycles. The van der Waals surface area contributed by atoms with Crippen molar-refractivity contribution in [3.8, 4) is 0 Å². The van der Waals surface area contributed by atoms with Gasteiger partial charge in [0.05, 0.1) is 6.10 Å². The topological polar surface area (TPSA) is 83.0 Å². The molecule has 0 aliphatic heterocycles. The van der Waals surface area contributed by atoms with Gasteiger partial charge in [-0.1, -0.05) is 18.6 Å². The second kappa shape index (κ2) is 5.48. The molecule has 0 amide bonds. The van der Waals surface area contributed by atoms with Gasteiger partial charge in [-0.25, -0.2) is 9.48 Å². The number of unbranched alkanes of at least 4 members (excludes halogenated alkanes) is 1. The standard InChI is InChI=1S/C10H18N4O2/c1-4-5-6-14-9(11)8(12-13-14)10(15)16-7(2)3/h7H,4-6,11H2,1-3H3. The van der Waals surface area contributed by atoms with Gasteiger partial charge in [-0.3, -0.25) is 0 Å². The number of nitrogens with two attached hydrogens (primary N) is 1. The maximum Gasteiger partial charge on any atom is 0.363 e. The quantitative estimate of drug-likeness (QED) is 0.763. The van der Waals surface area contributed by atoms with Crippen molar-refractivity contribution in [2.75, 3.05) is 5.73 Å². The lowest BCUT2D eigenvalue weighted by Gasteiger charge is -2.06. The third kappa shape index (κ3) is 2.95. The van der Waals surface area contributed by atoms with Crippen LogP contribution in [0.25, 0.3) is 0 Å². The predicted octanol–water partition coefficient (Wildman–Crippen LogP) is 1.23. The van der Waals surface area contributed by atoms with E-state index < -0.39 is 5.97 Å². The number of esters is 1. The van der Waals surface area contributed by atoms with E-state index in [4.69, 9.17) is 10.5 Å². The highest BCUT2D eigenvalue weighted by Crippen LogP contribution is 2.11. The molecule has 0 saturated carbocycles. The van der Waals surface area contributed by atoms with E-state index in [1.807, 2.05) is 0 Å². The van der Waals surface area contributed by atoms with Crippen LogP contribution < -0.4 is 5.73 Å². The van der Waals surface area contributed by atoms with Gasteiger partial charge in [-0.2, -0.15) is 0 Å². The number of carbonyl (C=O) groups excluding carboxylic acids is 1. The SMILES string of the molecule is CCCCn1nnc(C(=O)OC(C)C)c1N. The van der Waals surface area contributed by atoms with Crippen molar-refractivity contribution >= 4 is 11.8 Å². The normalized spacial score (nSPS) is 10.8. The van der Waals surface area contributed by atoms with Crippen molar-refractivity contribution in [1.29, 1.82) is 0 Å². The van der Waals surface area contributed by atoms with Crippen molar-refractivity contribution in [2.24, 2.45) is 0 Å². The fourth-order valence-corrected chi connectivity index (χ4v) is 1.21. The smallest absolute Gasteiger partial charge is 0.363 e. The highest BCUT2D eigenvalue weighted by atomic mass is 16.5. The number of ether oxygens (including phenoxy) is 1. The van der Waals surface area contributed by atoms with E-state index in [9.17, 15) is 4.79 Å². The Labute approximate surface area is 94.8 Å². The summed E-state index contributed by atoms with van der Waals surface area (Å²) in [4.78, 5) is 11.5. The molecule has 1 aromatic heterocycles. The summed E-state index contributed by atoms with van der Waals surface area (Å²) in [6, 6.07) is 0. The highest BCUT2D eigenvalue weighted by molar-refractivity contribution is 5.91. The van der Waals surface area contributed by atoms with Crippen molar-refractivity contribution in [2.45, 2.75) is 46.3 Å². The molecule has 0 unspecified atom stereocenters. The summed E-state index contributed by atoms with van der Waals surface area (Å²) in [5, 5.41) is 7.56. The Kier molecular flexibility index (Phi) is 4.28. The molecule has 2 N–H and O–H groups in total. The number of nitrogen functional groups attached to an aromatic ring is 1. The molecular formula is C10H18N4O2. The summed E-state index contributed by atoms with van der Waals surface area (Å²) in [5.41, 5.74) is 5.86. The molecule has 0 aromatic carbocycles. The van der Waals surface area contributed by atoms with E-state index in [2.05, 4.69) is 17.2 Å². The van der Waals surface area contributed by atoms with Gasteiger partial charge in [0.1, 0.15) is 0 Å². The van der Waals surface area contributed by atoms with Gasteiger partial charge in [-0.15, -0.1) is 5.10 Å². The summed E-state index contributed by atoms with van der Waals surface area (Å²) in [5.74, 6) is -0.241. The number of aromatic nitrogens is 3. The van der Waals surface area contributed by atoms with Crippen LogP contribution >= 0.6 is 0 Å². The first-order valence-electron chi connectivity index (χ1n) is 5.46. The Morgan fingerprint density at radius 2 is 2.25 bits per heavy atom. The Bertz CT molecular complexity index is 360. The van der Waals surface area contributed by atoms with Crippen molar-refractivity contribution in [1.82, 2.24) is 15.0 Å². The first-order valence-corrected chi connectivity index (χ1v) is 5.46. The van der Waals surface area contributed by atoms with Gasteiger partial charge in [0.25, 0.3) is 0 Å². The highest BCUT2D eigenvalue weighted by Gasteiger charge is 2.19. The molecule has 1 rings (SSSR count). The molecule has 0 spiro atoms. The van der Waals surface area contributed by atoms with Gasteiger partial charge >= 0.3 is 5.97 Å². The molecule has 0 bridgehead atoms. The fraction of sp³-hybridized carbons (Fsp3) is 0.700. The Balaban J connectivity index is 2.74. The molecular weight excluding hydrogens is 208 g/mol. The number of anilines is 1. The molecule has 0 fully saturated rings. The third-order valence-corrected chi connectivity index (χ3v) is 2.03. The van der Waals surface area contributed by atoms with Crippen molar-refractivity contribution in [3.05, 3.63) is 5.69 Å². The first kappa shape index (κ1) is 12.5. The fourth-order valence-electron chi connectivity index (χ4n) is 1.21. The second-order valence-corrected chi connectivity index (χ2v) is 3.85. The summed E-state index contributed by atoms with van der Waals surface area (Å²) < 4.78 is 6.53. The summed E-state index contributed by atoms with van der Waals surface area (Å²) in [6.45, 7) is 6.29. The molecule has 90 valence electrons. The number of rotatable bonds is 5. The summed E-state index contributed by atoms with van der Waals surface area (Å²) in [7, 11) is 0. The van der Waals surface area contributed by atoms with E-state index in [1.165, 1.54) is 4.68 Å². The third-order valence-electron chi connectivity index (χ3n) is 2.03. The lowest BCUT2D eigenvalue weighted by Crippen LogP contribution is -2.14. The molecule has 1 heterocycles. The van der Waals surface area contributed by atoms with Gasteiger partial charge in [-0.05, 0) is 20.3 Å². The molecule has 1 aromatic rings. The van der Waals surface area contributed by atoms with Crippen LogP contribution in [0.15, 0.2) is 0 Å². The predicted molar refractivity (Wildman–Crippen MR) is 59.9 cm³/mol. The second-order valence-electron chi connectivity index (χ2n) is 3.85. The minimum atomic E-state index is -0.518. The van der Waals surface area contributed by atoms with Gasteiger partial charge in [0, 0.05) is 6.54 Å². The average molecular weight is 226 g/mol. The van der Waals surface area contributed by atoms with Crippen LogP contribution in [0.5, 0.6) is 0 Å². The molecule has 16 heavy (non-hydrogen) atoms. The lowest BCUT2D eigenvalue weighted by molar-refractivity contribution is 0.0372. The monoisotopic (exact) mass is 226 g/mol. The van der Waals surface area contributed by atoms with Crippen LogP contribution in [-0.4, -0.2) is 27.1 Å². The maximum atomic E-state index is 11.5. The van der Waals surface area contributed by atoms with Crippen LogP contribution in [0.4, 0.5) is 5.82 Å². The molecule has 6 nitrogen and oxygen atoms in total. The van der Waals surface area contributed by atoms with E-state index in [0.29, 0.717) is 6.54 Å². The van der Waals surface area contributed by atoms with Crippen molar-refractivity contribution < 1.29 is 9.53 Å². The minimum Gasteiger partial charge on any atom is -0.458 e. The zero-order chi connectivity index (χ0) is 12.1. The van der Waals surface area contributed by atoms with E-state index in [0.717, 1.165) is 12.8 Å². The number of aryl methyl sites for hydroxylation is 1. The maximum absolute atomic E-state index is 11.5. The zero-order valence-corrected chi connectivity index (χ0v) is 9.93. The van der Waals surface area contributed by atoms with Crippen molar-refractivity contribution in [3.63, 3.8) is 0 Å². The summed E-state index contributed by atoms with van der Waals surface area (Å²) >= 11 is 0. The van der Waals surface area contributed by atoms with Crippen LogP contribution in [0, 0.1) is 0 Å². The zero-order valence-electron chi connectivity index (χ0n) is 9.93. The van der Waals surface area contributed by atoms with Gasteiger partial charge in [0.2, 0.25) is 5.69 Å². The molecule has 0 atom stereocenters. The average Bonchev–Trinajstić information content (AvgIpc) is 2.56. The number of hydrogen-bond donors (Lipinski definition) is 1. The van der Waals surface area contributed by atoms with Crippen LogP contribution in [0.3, 0.4) is 0 Å². The van der Waals surface area contributed by atoms with Crippen LogP contribution in [0.2, 0.25) is 0 Å². The Morgan fingerprint density at radius 1 is 1.56 bits per heavy atom. The van der Waals surface area contributed by atoms with E-state index in [1.54, 1.807) is 13.8 Å². The van der Waals surface area contributed by atoms with Gasteiger partial charge in [0.15, 0.2) is 5.82 Å². The largest absolute Gasteiger partial charge is 0.458 e. The molecule has 0 radical (unpaired) electrons. The molecule has 0 aliphatic rings. The molecule has 0 saturated heterocycles. The number of carbonyl (C=O) groups is 1. The van der Waals surface area contributed by atoms with Gasteiger partial charge < -0.3 is 10.5 Å². The van der Waals surface area contributed by atoms with Crippen LogP contribution in [0.1, 0.15) is 44.1 Å². The minimum absolute atomic E-state index is 0.102. The number of nitrogens with zero attached hydrogens (tertiary/aromatic N) is 3. The Morgan fingerprint density at radius 3 is 2.81 bits per heavy atom. The lowest BCUT2D eigenvalue weighted by atomic mass is 10.3. The Hall–Kier alpha value is -1.59. The van der Waals surface area contributed by atoms with E-state index >= 15 is 0 Å². The van der Waals surface area contributed by atoms with Crippen LogP contribution in [-0.2, 0) is 11.3 Å². The summed E-state index contributed by atoms with van der Waals surface area (Å²) in [6.07, 6.45) is 1.80.